The number of amides is 1. The summed E-state index contributed by atoms with van der Waals surface area (Å²) in [5.41, 5.74) is 5.64. The summed E-state index contributed by atoms with van der Waals surface area (Å²) in [5, 5.41) is 4.60. The van der Waals surface area contributed by atoms with Crippen LogP contribution in [0, 0.1) is 23.7 Å². The highest BCUT2D eigenvalue weighted by Crippen LogP contribution is 2.48. The number of nitrogens with two attached hydrogens (primary N) is 1. The molecule has 0 aromatic carbocycles. The van der Waals surface area contributed by atoms with E-state index in [1.54, 1.807) is 23.0 Å². The van der Waals surface area contributed by atoms with Gasteiger partial charge in [0.05, 0.1) is 12.2 Å². The summed E-state index contributed by atoms with van der Waals surface area (Å²) in [5.74, 6) is 3.22. The lowest BCUT2D eigenvalue weighted by molar-refractivity contribution is 0.0982. The van der Waals surface area contributed by atoms with Gasteiger partial charge in [0.15, 0.2) is 5.82 Å². The van der Waals surface area contributed by atoms with E-state index in [0.717, 1.165) is 24.5 Å². The molecule has 2 aromatic rings. The minimum absolute atomic E-state index is 0.0243. The van der Waals surface area contributed by atoms with Crippen molar-refractivity contribution in [2.24, 2.45) is 34.4 Å². The Morgan fingerprint density at radius 3 is 2.66 bits per heavy atom. The number of hydrogen-bond donors (Lipinski definition) is 2. The van der Waals surface area contributed by atoms with Crippen molar-refractivity contribution in [2.45, 2.75) is 65.3 Å². The number of hydrogen-bond acceptors (Lipinski definition) is 9. The second-order valence-electron chi connectivity index (χ2n) is 12.5. The largest absolute Gasteiger partial charge is 0.476 e. The molecule has 1 unspecified atom stereocenters. The Bertz CT molecular complexity index is 1480. The summed E-state index contributed by atoms with van der Waals surface area (Å²) in [6, 6.07) is 5.07. The summed E-state index contributed by atoms with van der Waals surface area (Å²) in [6.07, 6.45) is 9.04. The van der Waals surface area contributed by atoms with Gasteiger partial charge >= 0.3 is 0 Å². The maximum Gasteiger partial charge on any atom is 0.268 e. The Morgan fingerprint density at radius 2 is 2.05 bits per heavy atom. The molecule has 5 rings (SSSR count). The predicted molar refractivity (Wildman–Crippen MR) is 159 cm³/mol. The number of ether oxygens (including phenoxy) is 1. The molecule has 3 N–H and O–H groups in total. The fourth-order valence-corrected chi connectivity index (χ4v) is 8.06. The zero-order valence-corrected chi connectivity index (χ0v) is 25.3. The second-order valence-corrected chi connectivity index (χ2v) is 14.1. The van der Waals surface area contributed by atoms with Crippen molar-refractivity contribution in [1.82, 2.24) is 19.5 Å². The lowest BCUT2D eigenvalue weighted by atomic mass is 9.90. The molecular weight excluding hydrogens is 542 g/mol. The van der Waals surface area contributed by atoms with E-state index in [2.05, 4.69) is 40.5 Å². The topological polar surface area (TPSA) is 145 Å². The molecule has 2 saturated carbocycles. The van der Waals surface area contributed by atoms with Crippen molar-refractivity contribution in [3.05, 3.63) is 40.6 Å². The Hall–Kier alpha value is -3.41. The SMILES string of the molecule is CN=CC(=C(C)N)S(=O)(=O)NC(=O)c1ccc(-n2ccc(OCC3C[C@@H]4CC[C@H]3C4)n2)nc1N1C[C@@H](C)CC1(C)C. The number of pyridine rings is 1. The van der Waals surface area contributed by atoms with Crippen LogP contribution in [0.5, 0.6) is 5.88 Å². The molecule has 4 atom stereocenters. The van der Waals surface area contributed by atoms with Crippen molar-refractivity contribution in [3.8, 4) is 11.7 Å². The van der Waals surface area contributed by atoms with Gasteiger partial charge < -0.3 is 15.4 Å². The number of sulfonamides is 1. The van der Waals surface area contributed by atoms with Crippen molar-refractivity contribution < 1.29 is 17.9 Å². The van der Waals surface area contributed by atoms with Crippen molar-refractivity contribution in [1.29, 1.82) is 0 Å². The molecule has 2 aliphatic carbocycles. The summed E-state index contributed by atoms with van der Waals surface area (Å²) >= 11 is 0. The number of nitrogens with zero attached hydrogens (tertiary/aromatic N) is 5. The molecule has 1 aliphatic heterocycles. The molecule has 3 fully saturated rings. The molecule has 2 aromatic heterocycles. The van der Waals surface area contributed by atoms with Crippen LogP contribution in [0.4, 0.5) is 5.82 Å². The zero-order valence-electron chi connectivity index (χ0n) is 24.5. The number of allylic oxidation sites excluding steroid dienone is 2. The summed E-state index contributed by atoms with van der Waals surface area (Å²) in [6.45, 7) is 9.11. The summed E-state index contributed by atoms with van der Waals surface area (Å²) in [7, 11) is -2.83. The first-order valence-corrected chi connectivity index (χ1v) is 15.8. The Labute approximate surface area is 242 Å². The molecule has 11 nitrogen and oxygen atoms in total. The summed E-state index contributed by atoms with van der Waals surface area (Å²) in [4.78, 5) is 23.9. The highest BCUT2D eigenvalue weighted by molar-refractivity contribution is 7.94. The number of rotatable bonds is 9. The van der Waals surface area contributed by atoms with Crippen LogP contribution in [0.1, 0.15) is 70.2 Å². The molecule has 41 heavy (non-hydrogen) atoms. The first-order valence-electron chi connectivity index (χ1n) is 14.3. The average molecular weight is 584 g/mol. The van der Waals surface area contributed by atoms with E-state index in [-0.39, 0.29) is 21.7 Å². The molecule has 1 amide bonds. The quantitative estimate of drug-likeness (QED) is 0.426. The number of anilines is 1. The highest BCUT2D eigenvalue weighted by Gasteiger charge is 2.41. The average Bonchev–Trinajstić information content (AvgIpc) is 3.69. The molecule has 0 radical (unpaired) electrons. The molecule has 3 aliphatic rings. The van der Waals surface area contributed by atoms with Crippen LogP contribution >= 0.6 is 0 Å². The molecule has 222 valence electrons. The van der Waals surface area contributed by atoms with Gasteiger partial charge in [0.1, 0.15) is 10.7 Å². The molecule has 12 heteroatoms. The minimum Gasteiger partial charge on any atom is -0.476 e. The number of aliphatic imine (C=N–C) groups is 1. The van der Waals surface area contributed by atoms with Crippen LogP contribution in [-0.4, -0.2) is 61.0 Å². The highest BCUT2D eigenvalue weighted by atomic mass is 32.2. The van der Waals surface area contributed by atoms with Gasteiger partial charge in [-0.1, -0.05) is 13.3 Å². The standard InChI is InChI=1S/C29H41N7O4S/c1-18-14-29(3,4)35(16-18)27-23(28(37)34-41(38,39)24(15-31-5)19(2)30)8-9-25(32-27)36-11-10-26(33-36)40-17-22-13-20-6-7-21(22)12-20/h8-11,15,18,20-22H,6-7,12-14,16-17,30H2,1-5H3,(H,34,37)/t18-,20+,21-,22?/m0/s1. The third kappa shape index (κ3) is 5.98. The number of nitrogens with one attached hydrogen (secondary N) is 1. The number of carbonyl (C=O) groups excluding carboxylic acids is 1. The third-order valence-electron chi connectivity index (χ3n) is 8.71. The van der Waals surface area contributed by atoms with Gasteiger partial charge in [-0.05, 0) is 82.3 Å². The number of aromatic nitrogens is 3. The third-order valence-corrected chi connectivity index (χ3v) is 10.2. The monoisotopic (exact) mass is 583 g/mol. The van der Waals surface area contributed by atoms with Gasteiger partial charge in [-0.15, -0.1) is 5.10 Å². The van der Waals surface area contributed by atoms with Crippen LogP contribution in [0.25, 0.3) is 5.82 Å². The van der Waals surface area contributed by atoms with Crippen LogP contribution in [-0.2, 0) is 10.0 Å². The van der Waals surface area contributed by atoms with E-state index >= 15 is 0 Å². The lowest BCUT2D eigenvalue weighted by Gasteiger charge is -2.34. The number of fused-ring (bicyclic) bond motifs is 2. The zero-order chi connectivity index (χ0) is 29.5. The van der Waals surface area contributed by atoms with Crippen LogP contribution in [0.3, 0.4) is 0 Å². The fraction of sp³-hybridized carbons (Fsp3) is 0.586. The predicted octanol–water partition coefficient (Wildman–Crippen LogP) is 3.66. The first kappa shape index (κ1) is 29.1. The van der Waals surface area contributed by atoms with Gasteiger partial charge in [-0.3, -0.25) is 9.79 Å². The van der Waals surface area contributed by atoms with E-state index in [9.17, 15) is 13.2 Å². The van der Waals surface area contributed by atoms with E-state index < -0.39 is 15.9 Å². The molecular formula is C29H41N7O4S. The van der Waals surface area contributed by atoms with Gasteiger partial charge in [0, 0.05) is 43.3 Å². The molecule has 1 saturated heterocycles. The van der Waals surface area contributed by atoms with Crippen molar-refractivity contribution >= 4 is 28.0 Å². The normalized spacial score (nSPS) is 26.0. The van der Waals surface area contributed by atoms with E-state index in [0.29, 0.717) is 42.5 Å². The van der Waals surface area contributed by atoms with Gasteiger partial charge in [0.2, 0.25) is 5.88 Å². The minimum atomic E-state index is -4.26. The van der Waals surface area contributed by atoms with E-state index in [4.69, 9.17) is 15.5 Å². The Kier molecular flexibility index (Phi) is 7.88. The van der Waals surface area contributed by atoms with Gasteiger partial charge in [-0.25, -0.2) is 22.8 Å². The number of carbonyl (C=O) groups is 1. The van der Waals surface area contributed by atoms with Crippen molar-refractivity contribution in [2.75, 3.05) is 25.1 Å². The van der Waals surface area contributed by atoms with Crippen LogP contribution < -0.4 is 20.1 Å². The van der Waals surface area contributed by atoms with Crippen molar-refractivity contribution in [3.63, 3.8) is 0 Å². The van der Waals surface area contributed by atoms with E-state index in [1.165, 1.54) is 39.7 Å². The maximum atomic E-state index is 13.5. The lowest BCUT2D eigenvalue weighted by Crippen LogP contribution is -2.41. The van der Waals surface area contributed by atoms with Crippen LogP contribution in [0.15, 0.2) is 40.0 Å². The molecule has 3 heterocycles. The molecule has 2 bridgehead atoms. The van der Waals surface area contributed by atoms with Crippen LogP contribution in [0.2, 0.25) is 0 Å². The second kappa shape index (κ2) is 11.1. The fourth-order valence-electron chi connectivity index (χ4n) is 6.93. The molecule has 0 spiro atoms. The smallest absolute Gasteiger partial charge is 0.268 e. The van der Waals surface area contributed by atoms with Gasteiger partial charge in [0.25, 0.3) is 15.9 Å². The first-order chi connectivity index (χ1) is 19.4. The van der Waals surface area contributed by atoms with E-state index in [1.807, 2.05) is 6.07 Å². The summed E-state index contributed by atoms with van der Waals surface area (Å²) < 4.78 is 35.9. The Balaban J connectivity index is 1.42. The Morgan fingerprint density at radius 1 is 1.27 bits per heavy atom. The van der Waals surface area contributed by atoms with Gasteiger partial charge in [-0.2, -0.15) is 0 Å². The maximum absolute atomic E-state index is 13.5.